The van der Waals surface area contributed by atoms with Crippen LogP contribution in [0.3, 0.4) is 0 Å². The standard InChI is InChI=1S/C19H19FN2O2S/c20-16-7-3-4-8-17(16)25-12-18(23)21-22-19(24)15-10-9-13-5-1-2-6-14(13)11-15/h3-4,7-11H,1-2,5-6,12H2,(H,21,23)(H,22,24). The predicted molar refractivity (Wildman–Crippen MR) is 95.8 cm³/mol. The van der Waals surface area contributed by atoms with Crippen molar-refractivity contribution in [1.29, 1.82) is 0 Å². The Balaban J connectivity index is 1.50. The Morgan fingerprint density at radius 2 is 1.76 bits per heavy atom. The SMILES string of the molecule is O=C(CSc1ccccc1F)NNC(=O)c1ccc2c(c1)CCCC2. The summed E-state index contributed by atoms with van der Waals surface area (Å²) in [5.41, 5.74) is 7.82. The number of rotatable bonds is 4. The highest BCUT2D eigenvalue weighted by molar-refractivity contribution is 8.00. The van der Waals surface area contributed by atoms with E-state index in [0.29, 0.717) is 10.5 Å². The van der Waals surface area contributed by atoms with Crippen LogP contribution in [0.5, 0.6) is 0 Å². The Morgan fingerprint density at radius 3 is 2.56 bits per heavy atom. The average Bonchev–Trinajstić information content (AvgIpc) is 2.65. The largest absolute Gasteiger partial charge is 0.272 e. The van der Waals surface area contributed by atoms with Gasteiger partial charge in [0.2, 0.25) is 5.91 Å². The van der Waals surface area contributed by atoms with E-state index in [9.17, 15) is 14.0 Å². The van der Waals surface area contributed by atoms with Crippen LogP contribution in [-0.4, -0.2) is 17.6 Å². The maximum Gasteiger partial charge on any atom is 0.269 e. The summed E-state index contributed by atoms with van der Waals surface area (Å²) in [5.74, 6) is -1.08. The van der Waals surface area contributed by atoms with Crippen LogP contribution in [0.15, 0.2) is 47.4 Å². The lowest BCUT2D eigenvalue weighted by atomic mass is 9.90. The molecule has 2 N–H and O–H groups in total. The molecular weight excluding hydrogens is 339 g/mol. The Morgan fingerprint density at radius 1 is 1.00 bits per heavy atom. The zero-order valence-corrected chi connectivity index (χ0v) is 14.5. The first-order chi connectivity index (χ1) is 12.1. The lowest BCUT2D eigenvalue weighted by Crippen LogP contribution is -2.42. The molecule has 0 aliphatic heterocycles. The summed E-state index contributed by atoms with van der Waals surface area (Å²) in [4.78, 5) is 24.4. The highest BCUT2D eigenvalue weighted by Crippen LogP contribution is 2.22. The van der Waals surface area contributed by atoms with E-state index >= 15 is 0 Å². The normalized spacial score (nSPS) is 13.0. The predicted octanol–water partition coefficient (Wildman–Crippen LogP) is 3.26. The number of benzene rings is 2. The van der Waals surface area contributed by atoms with Gasteiger partial charge in [0.25, 0.3) is 5.91 Å². The fraction of sp³-hybridized carbons (Fsp3) is 0.263. The molecule has 0 fully saturated rings. The highest BCUT2D eigenvalue weighted by atomic mass is 32.2. The van der Waals surface area contributed by atoms with Gasteiger partial charge in [0.15, 0.2) is 0 Å². The van der Waals surface area contributed by atoms with E-state index in [1.54, 1.807) is 24.3 Å². The van der Waals surface area contributed by atoms with Gasteiger partial charge in [-0.3, -0.25) is 20.4 Å². The van der Waals surface area contributed by atoms with Crippen molar-refractivity contribution in [3.8, 4) is 0 Å². The first-order valence-corrected chi connectivity index (χ1v) is 9.20. The minimum Gasteiger partial charge on any atom is -0.272 e. The molecular formula is C19H19FN2O2S. The summed E-state index contributed by atoms with van der Waals surface area (Å²) >= 11 is 1.08. The molecule has 1 aliphatic rings. The van der Waals surface area contributed by atoms with Crippen molar-refractivity contribution in [3.05, 3.63) is 65.0 Å². The summed E-state index contributed by atoms with van der Waals surface area (Å²) in [6.45, 7) is 0. The molecule has 0 radical (unpaired) electrons. The van der Waals surface area contributed by atoms with Crippen molar-refractivity contribution in [3.63, 3.8) is 0 Å². The Bertz CT molecular complexity index is 795. The molecule has 3 rings (SSSR count). The van der Waals surface area contributed by atoms with Gasteiger partial charge in [0.05, 0.1) is 5.75 Å². The van der Waals surface area contributed by atoms with Crippen molar-refractivity contribution in [2.45, 2.75) is 30.6 Å². The number of halogens is 1. The first kappa shape index (κ1) is 17.5. The Hall–Kier alpha value is -2.34. The summed E-state index contributed by atoms with van der Waals surface area (Å²) in [7, 11) is 0. The molecule has 6 heteroatoms. The number of hydrogen-bond acceptors (Lipinski definition) is 3. The summed E-state index contributed by atoms with van der Waals surface area (Å²) in [6.07, 6.45) is 4.37. The zero-order chi connectivity index (χ0) is 17.6. The first-order valence-electron chi connectivity index (χ1n) is 8.22. The number of carbonyl (C=O) groups excluding carboxylic acids is 2. The zero-order valence-electron chi connectivity index (χ0n) is 13.7. The third-order valence-corrected chi connectivity index (χ3v) is 5.17. The van der Waals surface area contributed by atoms with Crippen molar-refractivity contribution in [1.82, 2.24) is 10.9 Å². The van der Waals surface area contributed by atoms with Crippen LogP contribution in [0.4, 0.5) is 4.39 Å². The van der Waals surface area contributed by atoms with Crippen molar-refractivity contribution < 1.29 is 14.0 Å². The molecule has 0 saturated heterocycles. The molecule has 0 aromatic heterocycles. The second kappa shape index (κ2) is 8.16. The fourth-order valence-corrected chi connectivity index (χ4v) is 3.55. The van der Waals surface area contributed by atoms with E-state index < -0.39 is 0 Å². The van der Waals surface area contributed by atoms with Gasteiger partial charge in [-0.1, -0.05) is 18.2 Å². The number of aryl methyl sites for hydroxylation is 2. The molecule has 0 heterocycles. The number of fused-ring (bicyclic) bond motifs is 1. The molecule has 2 amide bonds. The topological polar surface area (TPSA) is 58.2 Å². The van der Waals surface area contributed by atoms with Crippen LogP contribution >= 0.6 is 11.8 Å². The molecule has 0 spiro atoms. The molecule has 0 saturated carbocycles. The monoisotopic (exact) mass is 358 g/mol. The number of nitrogens with one attached hydrogen (secondary N) is 2. The minimum atomic E-state index is -0.389. The molecule has 2 aromatic carbocycles. The second-order valence-corrected chi connectivity index (χ2v) is 6.93. The van der Waals surface area contributed by atoms with E-state index in [1.165, 1.54) is 23.6 Å². The van der Waals surface area contributed by atoms with Crippen LogP contribution < -0.4 is 10.9 Å². The van der Waals surface area contributed by atoms with Crippen LogP contribution in [0.2, 0.25) is 0 Å². The molecule has 25 heavy (non-hydrogen) atoms. The number of hydrogen-bond donors (Lipinski definition) is 2. The number of thioether (sulfide) groups is 1. The van der Waals surface area contributed by atoms with Crippen LogP contribution in [-0.2, 0) is 17.6 Å². The Kier molecular flexibility index (Phi) is 5.71. The average molecular weight is 358 g/mol. The third-order valence-electron chi connectivity index (χ3n) is 4.12. The maximum absolute atomic E-state index is 13.5. The van der Waals surface area contributed by atoms with Gasteiger partial charge in [0.1, 0.15) is 5.82 Å². The molecule has 4 nitrogen and oxygen atoms in total. The van der Waals surface area contributed by atoms with Gasteiger partial charge in [-0.2, -0.15) is 0 Å². The molecule has 1 aliphatic carbocycles. The highest BCUT2D eigenvalue weighted by Gasteiger charge is 2.13. The van der Waals surface area contributed by atoms with Gasteiger partial charge in [-0.05, 0) is 61.1 Å². The Labute approximate surface area is 150 Å². The number of carbonyl (C=O) groups is 2. The van der Waals surface area contributed by atoms with Gasteiger partial charge >= 0.3 is 0 Å². The lowest BCUT2D eigenvalue weighted by molar-refractivity contribution is -0.119. The van der Waals surface area contributed by atoms with E-state index in [4.69, 9.17) is 0 Å². The summed E-state index contributed by atoms with van der Waals surface area (Å²) < 4.78 is 13.5. The minimum absolute atomic E-state index is 0.0192. The maximum atomic E-state index is 13.5. The van der Waals surface area contributed by atoms with Gasteiger partial charge < -0.3 is 0 Å². The van der Waals surface area contributed by atoms with Crippen LogP contribution in [0, 0.1) is 5.82 Å². The second-order valence-electron chi connectivity index (χ2n) is 5.91. The van der Waals surface area contributed by atoms with Crippen LogP contribution in [0.1, 0.15) is 34.3 Å². The van der Waals surface area contributed by atoms with Crippen molar-refractivity contribution in [2.24, 2.45) is 0 Å². The van der Waals surface area contributed by atoms with Gasteiger partial charge in [-0.15, -0.1) is 11.8 Å². The fourth-order valence-electron chi connectivity index (χ4n) is 2.81. The third kappa shape index (κ3) is 4.60. The quantitative estimate of drug-likeness (QED) is 0.652. The molecule has 0 bridgehead atoms. The van der Waals surface area contributed by atoms with Crippen molar-refractivity contribution in [2.75, 3.05) is 5.75 Å². The number of amides is 2. The van der Waals surface area contributed by atoms with E-state index in [1.807, 2.05) is 12.1 Å². The lowest BCUT2D eigenvalue weighted by Gasteiger charge is -2.16. The summed E-state index contributed by atoms with van der Waals surface area (Å²) in [6, 6.07) is 11.9. The van der Waals surface area contributed by atoms with E-state index in [-0.39, 0.29) is 23.4 Å². The number of hydrazine groups is 1. The summed E-state index contributed by atoms with van der Waals surface area (Å²) in [5, 5.41) is 0. The van der Waals surface area contributed by atoms with Gasteiger partial charge in [0, 0.05) is 10.5 Å². The molecule has 0 unspecified atom stereocenters. The molecule has 2 aromatic rings. The van der Waals surface area contributed by atoms with E-state index in [0.717, 1.165) is 31.0 Å². The molecule has 0 atom stereocenters. The van der Waals surface area contributed by atoms with Crippen LogP contribution in [0.25, 0.3) is 0 Å². The van der Waals surface area contributed by atoms with Gasteiger partial charge in [-0.25, -0.2) is 4.39 Å². The van der Waals surface area contributed by atoms with E-state index in [2.05, 4.69) is 10.9 Å². The smallest absolute Gasteiger partial charge is 0.269 e. The van der Waals surface area contributed by atoms with Crippen molar-refractivity contribution >= 4 is 23.6 Å². The molecule has 130 valence electrons.